The van der Waals surface area contributed by atoms with Crippen LogP contribution in [0.4, 0.5) is 5.82 Å². The molecule has 0 atom stereocenters. The quantitative estimate of drug-likeness (QED) is 0.463. The summed E-state index contributed by atoms with van der Waals surface area (Å²) < 4.78 is 7.46. The number of hydrogen-bond acceptors (Lipinski definition) is 3. The number of amides is 1. The molecule has 1 amide bonds. The van der Waals surface area contributed by atoms with Gasteiger partial charge in [0.1, 0.15) is 6.73 Å². The highest BCUT2D eigenvalue weighted by Crippen LogP contribution is 2.26. The molecule has 0 spiro atoms. The third kappa shape index (κ3) is 4.92. The molecule has 1 aromatic carbocycles. The minimum Gasteiger partial charge on any atom is -0.360 e. The molecule has 2 rings (SSSR count). The molecule has 5 nitrogen and oxygen atoms in total. The van der Waals surface area contributed by atoms with E-state index in [2.05, 4.69) is 36.6 Å². The molecule has 23 heavy (non-hydrogen) atoms. The largest absolute Gasteiger partial charge is 0.360 e. The van der Waals surface area contributed by atoms with Gasteiger partial charge in [-0.1, -0.05) is 37.8 Å². The molecule has 1 aromatic heterocycles. The molecule has 0 radical (unpaired) electrons. The van der Waals surface area contributed by atoms with E-state index in [-0.39, 0.29) is 5.91 Å². The number of carbonyl (C=O) groups is 1. The number of rotatable bonds is 7. The lowest BCUT2D eigenvalue weighted by molar-refractivity contribution is -0.111. The van der Waals surface area contributed by atoms with Crippen LogP contribution in [0.25, 0.3) is 10.9 Å². The van der Waals surface area contributed by atoms with Crippen LogP contribution < -0.4 is 5.32 Å². The number of anilines is 1. The Hall–Kier alpha value is -1.63. The Balaban J connectivity index is 2.19. The first-order valence-electron chi connectivity index (χ1n) is 7.47. The van der Waals surface area contributed by atoms with E-state index >= 15 is 0 Å². The summed E-state index contributed by atoms with van der Waals surface area (Å²) in [4.78, 5) is 11.5. The number of ether oxygens (including phenoxy) is 1. The SMILES string of the molecule is C=CC(=O)Nc1nn(COCC[Si](C)(C)C)c2cc(Cl)ccc12. The third-order valence-electron chi connectivity index (χ3n) is 3.35. The predicted octanol–water partition coefficient (Wildman–Crippen LogP) is 4.13. The lowest BCUT2D eigenvalue weighted by Gasteiger charge is -2.15. The summed E-state index contributed by atoms with van der Waals surface area (Å²) in [5, 5.41) is 8.56. The van der Waals surface area contributed by atoms with E-state index in [9.17, 15) is 4.79 Å². The second-order valence-corrected chi connectivity index (χ2v) is 12.6. The van der Waals surface area contributed by atoms with Crippen molar-refractivity contribution in [2.75, 3.05) is 11.9 Å². The molecule has 1 N–H and O–H groups in total. The molecule has 124 valence electrons. The fourth-order valence-electron chi connectivity index (χ4n) is 2.03. The molecule has 0 saturated carbocycles. The van der Waals surface area contributed by atoms with Gasteiger partial charge in [0.15, 0.2) is 5.82 Å². The monoisotopic (exact) mass is 351 g/mol. The molecule has 2 aromatic rings. The number of halogens is 1. The fourth-order valence-corrected chi connectivity index (χ4v) is 2.96. The number of nitrogens with zero attached hydrogens (tertiary/aromatic N) is 2. The summed E-state index contributed by atoms with van der Waals surface area (Å²) in [5.41, 5.74) is 0.824. The van der Waals surface area contributed by atoms with E-state index in [1.165, 1.54) is 6.08 Å². The van der Waals surface area contributed by atoms with Crippen molar-refractivity contribution in [1.29, 1.82) is 0 Å². The smallest absolute Gasteiger partial charge is 0.248 e. The second kappa shape index (κ2) is 7.29. The Kier molecular flexibility index (Phi) is 5.62. The maximum Gasteiger partial charge on any atom is 0.248 e. The van der Waals surface area contributed by atoms with Gasteiger partial charge in [0.05, 0.1) is 5.52 Å². The summed E-state index contributed by atoms with van der Waals surface area (Å²) >= 11 is 6.07. The number of benzene rings is 1. The van der Waals surface area contributed by atoms with Crippen LogP contribution >= 0.6 is 11.6 Å². The molecule has 0 fully saturated rings. The summed E-state index contributed by atoms with van der Waals surface area (Å²) in [7, 11) is -1.12. The van der Waals surface area contributed by atoms with Crippen molar-refractivity contribution in [2.24, 2.45) is 0 Å². The molecular weight excluding hydrogens is 330 g/mol. The Labute approximate surface area is 142 Å². The highest BCUT2D eigenvalue weighted by molar-refractivity contribution is 6.76. The number of hydrogen-bond donors (Lipinski definition) is 1. The van der Waals surface area contributed by atoms with E-state index < -0.39 is 8.07 Å². The molecule has 0 aliphatic heterocycles. The maximum atomic E-state index is 11.5. The number of aromatic nitrogens is 2. The van der Waals surface area contributed by atoms with Gasteiger partial charge in [-0.2, -0.15) is 5.10 Å². The lowest BCUT2D eigenvalue weighted by Crippen LogP contribution is -2.22. The maximum absolute atomic E-state index is 11.5. The lowest BCUT2D eigenvalue weighted by atomic mass is 10.2. The number of nitrogens with one attached hydrogen (secondary N) is 1. The molecule has 0 aliphatic carbocycles. The van der Waals surface area contributed by atoms with E-state index in [1.54, 1.807) is 10.7 Å². The van der Waals surface area contributed by atoms with Crippen molar-refractivity contribution in [3.63, 3.8) is 0 Å². The van der Waals surface area contributed by atoms with E-state index in [1.807, 2.05) is 12.1 Å². The zero-order chi connectivity index (χ0) is 17.0. The summed E-state index contributed by atoms with van der Waals surface area (Å²) in [6, 6.07) is 6.51. The van der Waals surface area contributed by atoms with Crippen molar-refractivity contribution < 1.29 is 9.53 Å². The van der Waals surface area contributed by atoms with Crippen LogP contribution in [0.5, 0.6) is 0 Å². The van der Waals surface area contributed by atoms with Gasteiger partial charge >= 0.3 is 0 Å². The predicted molar refractivity (Wildman–Crippen MR) is 97.7 cm³/mol. The number of carbonyl (C=O) groups excluding carboxylic acids is 1. The Morgan fingerprint density at radius 1 is 1.48 bits per heavy atom. The highest BCUT2D eigenvalue weighted by Gasteiger charge is 2.14. The average molecular weight is 352 g/mol. The summed E-state index contributed by atoms with van der Waals surface area (Å²) in [5.74, 6) is 0.182. The van der Waals surface area contributed by atoms with Gasteiger partial charge < -0.3 is 10.1 Å². The van der Waals surface area contributed by atoms with Crippen molar-refractivity contribution in [2.45, 2.75) is 32.4 Å². The van der Waals surface area contributed by atoms with Gasteiger partial charge in [-0.15, -0.1) is 0 Å². The number of fused-ring (bicyclic) bond motifs is 1. The van der Waals surface area contributed by atoms with Gasteiger partial charge in [-0.25, -0.2) is 4.68 Å². The van der Waals surface area contributed by atoms with Gasteiger partial charge in [-0.3, -0.25) is 4.79 Å². The minimum absolute atomic E-state index is 0.300. The van der Waals surface area contributed by atoms with E-state index in [0.717, 1.165) is 16.9 Å². The minimum atomic E-state index is -1.12. The fraction of sp³-hybridized carbons (Fsp3) is 0.375. The molecule has 1 heterocycles. The van der Waals surface area contributed by atoms with Gasteiger partial charge in [0.2, 0.25) is 5.91 Å². The Morgan fingerprint density at radius 3 is 2.87 bits per heavy atom. The highest BCUT2D eigenvalue weighted by atomic mass is 35.5. The summed E-state index contributed by atoms with van der Waals surface area (Å²) in [6.07, 6.45) is 1.21. The molecule has 0 aliphatic rings. The normalized spacial score (nSPS) is 11.7. The molecule has 0 bridgehead atoms. The molecule has 0 saturated heterocycles. The van der Waals surface area contributed by atoms with Gasteiger partial charge in [0.25, 0.3) is 0 Å². The van der Waals surface area contributed by atoms with Crippen LogP contribution in [0.2, 0.25) is 30.7 Å². The Morgan fingerprint density at radius 2 is 2.22 bits per heavy atom. The van der Waals surface area contributed by atoms with Crippen molar-refractivity contribution in [1.82, 2.24) is 9.78 Å². The van der Waals surface area contributed by atoms with Gasteiger partial charge in [0, 0.05) is 25.1 Å². The van der Waals surface area contributed by atoms with Crippen LogP contribution in [0.15, 0.2) is 30.9 Å². The van der Waals surface area contributed by atoms with Crippen molar-refractivity contribution in [3.05, 3.63) is 35.9 Å². The zero-order valence-electron chi connectivity index (χ0n) is 13.7. The van der Waals surface area contributed by atoms with Crippen LogP contribution in [-0.2, 0) is 16.3 Å². The van der Waals surface area contributed by atoms with Gasteiger partial charge in [-0.05, 0) is 30.3 Å². The molecule has 0 unspecified atom stereocenters. The van der Waals surface area contributed by atoms with Crippen LogP contribution in [0.1, 0.15) is 0 Å². The average Bonchev–Trinajstić information content (AvgIpc) is 2.79. The van der Waals surface area contributed by atoms with Crippen LogP contribution in [0, 0.1) is 0 Å². The molecule has 7 heteroatoms. The van der Waals surface area contributed by atoms with Crippen molar-refractivity contribution >= 4 is 42.3 Å². The summed E-state index contributed by atoms with van der Waals surface area (Å²) in [6.45, 7) is 11.4. The zero-order valence-corrected chi connectivity index (χ0v) is 15.5. The second-order valence-electron chi connectivity index (χ2n) is 6.55. The standard InChI is InChI=1S/C16H22ClN3O2Si/c1-5-15(21)18-16-13-7-6-12(17)10-14(13)20(19-16)11-22-8-9-23(2,3)4/h5-7,10H,1,8-9,11H2,2-4H3,(H,18,19,21). The van der Waals surface area contributed by atoms with Crippen molar-refractivity contribution in [3.8, 4) is 0 Å². The van der Waals surface area contributed by atoms with E-state index in [0.29, 0.717) is 24.2 Å². The first kappa shape index (κ1) is 17.7. The van der Waals surface area contributed by atoms with E-state index in [4.69, 9.17) is 16.3 Å². The van der Waals surface area contributed by atoms with Crippen LogP contribution in [0.3, 0.4) is 0 Å². The topological polar surface area (TPSA) is 56.2 Å². The first-order chi connectivity index (χ1) is 10.8. The Bertz CT molecular complexity index is 722. The van der Waals surface area contributed by atoms with Crippen LogP contribution in [-0.4, -0.2) is 30.4 Å². The third-order valence-corrected chi connectivity index (χ3v) is 5.29. The molecular formula is C16H22ClN3O2Si. The first-order valence-corrected chi connectivity index (χ1v) is 11.6.